The lowest BCUT2D eigenvalue weighted by molar-refractivity contribution is 0.0250. The van der Waals surface area contributed by atoms with Gasteiger partial charge in [0.2, 0.25) is 5.88 Å². The van der Waals surface area contributed by atoms with E-state index in [1.807, 2.05) is 0 Å². The molecule has 1 unspecified atom stereocenters. The Labute approximate surface area is 126 Å². The van der Waals surface area contributed by atoms with Gasteiger partial charge in [-0.15, -0.1) is 0 Å². The number of carbonyl (C=O) groups is 1. The van der Waals surface area contributed by atoms with Crippen LogP contribution in [0.4, 0.5) is 15.1 Å². The summed E-state index contributed by atoms with van der Waals surface area (Å²) in [5, 5.41) is 12.8. The molecule has 7 heteroatoms. The van der Waals surface area contributed by atoms with Crippen molar-refractivity contribution in [2.24, 2.45) is 5.92 Å². The molecule has 6 nitrogen and oxygen atoms in total. The number of alkyl halides is 1. The second-order valence-corrected chi connectivity index (χ2v) is 5.86. The molecule has 1 aromatic heterocycles. The SMILES string of the molecule is O=C1Nc2oc(=O)cc(CCCC3CC3)c2C(O)N1CCF. The van der Waals surface area contributed by atoms with E-state index in [0.717, 1.165) is 23.7 Å². The summed E-state index contributed by atoms with van der Waals surface area (Å²) in [5.41, 5.74) is 0.457. The van der Waals surface area contributed by atoms with Gasteiger partial charge in [0, 0.05) is 6.07 Å². The van der Waals surface area contributed by atoms with Crippen molar-refractivity contribution in [3.05, 3.63) is 27.6 Å². The predicted octanol–water partition coefficient (Wildman–Crippen LogP) is 2.18. The fourth-order valence-electron chi connectivity index (χ4n) is 2.87. The molecule has 1 saturated carbocycles. The van der Waals surface area contributed by atoms with E-state index in [-0.39, 0.29) is 12.4 Å². The Balaban J connectivity index is 1.87. The zero-order chi connectivity index (χ0) is 15.7. The first-order valence-electron chi connectivity index (χ1n) is 7.58. The van der Waals surface area contributed by atoms with E-state index in [0.29, 0.717) is 17.5 Å². The van der Waals surface area contributed by atoms with Crippen LogP contribution in [0.5, 0.6) is 0 Å². The van der Waals surface area contributed by atoms with Crippen molar-refractivity contribution in [1.82, 2.24) is 4.90 Å². The van der Waals surface area contributed by atoms with Gasteiger partial charge >= 0.3 is 11.7 Å². The van der Waals surface area contributed by atoms with Gasteiger partial charge < -0.3 is 9.52 Å². The molecule has 0 bridgehead atoms. The molecule has 2 heterocycles. The van der Waals surface area contributed by atoms with Crippen molar-refractivity contribution in [2.45, 2.75) is 38.3 Å². The highest BCUT2D eigenvalue weighted by Gasteiger charge is 2.34. The molecule has 2 N–H and O–H groups in total. The van der Waals surface area contributed by atoms with E-state index in [2.05, 4.69) is 5.32 Å². The van der Waals surface area contributed by atoms with E-state index in [1.165, 1.54) is 18.9 Å². The third kappa shape index (κ3) is 2.99. The molecule has 0 aromatic carbocycles. The van der Waals surface area contributed by atoms with Crippen LogP contribution in [-0.2, 0) is 6.42 Å². The summed E-state index contributed by atoms with van der Waals surface area (Å²) in [6, 6.07) is 0.677. The number of anilines is 1. The van der Waals surface area contributed by atoms with Crippen LogP contribution < -0.4 is 10.9 Å². The summed E-state index contributed by atoms with van der Waals surface area (Å²) in [6.45, 7) is -0.972. The minimum absolute atomic E-state index is 0.0264. The minimum atomic E-state index is -1.29. The Kier molecular flexibility index (Phi) is 4.15. The predicted molar refractivity (Wildman–Crippen MR) is 77.3 cm³/mol. The number of hydrogen-bond donors (Lipinski definition) is 2. The maximum Gasteiger partial charge on any atom is 0.337 e. The Morgan fingerprint density at radius 1 is 1.41 bits per heavy atom. The van der Waals surface area contributed by atoms with Crippen molar-refractivity contribution in [1.29, 1.82) is 0 Å². The summed E-state index contributed by atoms with van der Waals surface area (Å²) in [5.74, 6) is 0.755. The number of nitrogens with zero attached hydrogens (tertiary/aromatic N) is 1. The third-order valence-electron chi connectivity index (χ3n) is 4.20. The second-order valence-electron chi connectivity index (χ2n) is 5.86. The van der Waals surface area contributed by atoms with E-state index in [9.17, 15) is 19.1 Å². The lowest BCUT2D eigenvalue weighted by Crippen LogP contribution is -2.44. The maximum atomic E-state index is 12.6. The molecule has 1 aliphatic carbocycles. The lowest BCUT2D eigenvalue weighted by Gasteiger charge is -2.33. The molecule has 0 spiro atoms. The van der Waals surface area contributed by atoms with Gasteiger partial charge in [-0.1, -0.05) is 19.3 Å². The number of carbonyl (C=O) groups excluding carboxylic acids is 1. The second kappa shape index (κ2) is 6.08. The number of aliphatic hydroxyl groups excluding tert-OH is 1. The van der Waals surface area contributed by atoms with E-state index in [1.54, 1.807) is 0 Å². The highest BCUT2D eigenvalue weighted by atomic mass is 19.1. The number of hydrogen-bond acceptors (Lipinski definition) is 4. The molecule has 1 fully saturated rings. The molecule has 2 aliphatic rings. The first-order chi connectivity index (χ1) is 10.6. The molecular formula is C15H19FN2O4. The number of aliphatic hydroxyl groups is 1. The number of nitrogens with one attached hydrogen (secondary N) is 1. The van der Waals surface area contributed by atoms with Gasteiger partial charge in [-0.2, -0.15) is 0 Å². The van der Waals surface area contributed by atoms with Crippen molar-refractivity contribution in [3.8, 4) is 0 Å². The van der Waals surface area contributed by atoms with Gasteiger partial charge in [0.05, 0.1) is 12.1 Å². The van der Waals surface area contributed by atoms with Crippen LogP contribution in [0.25, 0.3) is 0 Å². The van der Waals surface area contributed by atoms with Crippen molar-refractivity contribution >= 4 is 11.9 Å². The summed E-state index contributed by atoms with van der Waals surface area (Å²) >= 11 is 0. The maximum absolute atomic E-state index is 12.6. The Hall–Kier alpha value is -1.89. The van der Waals surface area contributed by atoms with E-state index < -0.39 is 24.6 Å². The fourth-order valence-corrected chi connectivity index (χ4v) is 2.87. The Bertz CT molecular complexity index is 626. The van der Waals surface area contributed by atoms with Crippen LogP contribution >= 0.6 is 0 Å². The number of halogens is 1. The number of amides is 2. The smallest absolute Gasteiger partial charge is 0.337 e. The number of aryl methyl sites for hydroxylation is 1. The largest absolute Gasteiger partial charge is 0.406 e. The van der Waals surface area contributed by atoms with Crippen molar-refractivity contribution < 1.29 is 18.7 Å². The average molecular weight is 310 g/mol. The topological polar surface area (TPSA) is 82.8 Å². The van der Waals surface area contributed by atoms with Crippen LogP contribution in [0.3, 0.4) is 0 Å². The monoisotopic (exact) mass is 310 g/mol. The molecule has 120 valence electrons. The molecule has 1 aromatic rings. The van der Waals surface area contributed by atoms with Crippen molar-refractivity contribution in [2.75, 3.05) is 18.5 Å². The van der Waals surface area contributed by atoms with E-state index >= 15 is 0 Å². The summed E-state index contributed by atoms with van der Waals surface area (Å²) in [4.78, 5) is 24.4. The van der Waals surface area contributed by atoms with Gasteiger partial charge in [0.25, 0.3) is 0 Å². The van der Waals surface area contributed by atoms with Crippen LogP contribution in [0.15, 0.2) is 15.3 Å². The molecule has 1 atom stereocenters. The molecule has 1 aliphatic heterocycles. The van der Waals surface area contributed by atoms with Gasteiger partial charge in [0.1, 0.15) is 6.67 Å². The zero-order valence-corrected chi connectivity index (χ0v) is 12.2. The quantitative estimate of drug-likeness (QED) is 0.843. The third-order valence-corrected chi connectivity index (χ3v) is 4.20. The Morgan fingerprint density at radius 2 is 2.18 bits per heavy atom. The first kappa shape index (κ1) is 15.0. The molecule has 3 rings (SSSR count). The van der Waals surface area contributed by atoms with Gasteiger partial charge in [0.15, 0.2) is 6.23 Å². The number of fused-ring (bicyclic) bond motifs is 1. The summed E-state index contributed by atoms with van der Waals surface area (Å²) in [6.07, 6.45) is 3.85. The highest BCUT2D eigenvalue weighted by Crippen LogP contribution is 2.36. The van der Waals surface area contributed by atoms with Crippen LogP contribution in [-0.4, -0.2) is 29.3 Å². The summed E-state index contributed by atoms with van der Waals surface area (Å²) < 4.78 is 17.5. The normalized spacial score (nSPS) is 20.7. The fraction of sp³-hybridized carbons (Fsp3) is 0.600. The molecular weight excluding hydrogens is 291 g/mol. The molecule has 0 saturated heterocycles. The summed E-state index contributed by atoms with van der Waals surface area (Å²) in [7, 11) is 0. The molecule has 2 amide bonds. The number of rotatable bonds is 6. The van der Waals surface area contributed by atoms with Gasteiger partial charge in [-0.05, 0) is 24.3 Å². The first-order valence-corrected chi connectivity index (χ1v) is 7.58. The van der Waals surface area contributed by atoms with Gasteiger partial charge in [-0.25, -0.2) is 14.0 Å². The Morgan fingerprint density at radius 3 is 2.86 bits per heavy atom. The molecule has 0 radical (unpaired) electrons. The minimum Gasteiger partial charge on any atom is -0.406 e. The standard InChI is InChI=1S/C15H19FN2O4/c16-6-7-18-14(20)12-10(3-1-2-9-4-5-9)8-11(19)22-13(12)17-15(18)21/h8-9,14,20H,1-7H2,(H,17,21). The van der Waals surface area contributed by atoms with Crippen LogP contribution in [0.1, 0.15) is 43.0 Å². The van der Waals surface area contributed by atoms with Crippen molar-refractivity contribution in [3.63, 3.8) is 0 Å². The zero-order valence-electron chi connectivity index (χ0n) is 12.2. The average Bonchev–Trinajstić information content (AvgIpc) is 3.26. The van der Waals surface area contributed by atoms with Crippen LogP contribution in [0.2, 0.25) is 0 Å². The highest BCUT2D eigenvalue weighted by molar-refractivity contribution is 5.91. The molecule has 22 heavy (non-hydrogen) atoms. The lowest BCUT2D eigenvalue weighted by atomic mass is 10.00. The number of urea groups is 1. The van der Waals surface area contributed by atoms with Crippen LogP contribution in [0, 0.1) is 5.92 Å². The van der Waals surface area contributed by atoms with Gasteiger partial charge in [-0.3, -0.25) is 10.2 Å². The van der Waals surface area contributed by atoms with E-state index in [4.69, 9.17) is 4.42 Å².